The molecular weight excluding hydrogens is 517 g/mol. The largest absolute Gasteiger partial charge is 0.260 e. The first-order valence-electron chi connectivity index (χ1n) is 11.5. The minimum Gasteiger partial charge on any atom is -0.260 e. The minimum atomic E-state index is 0.857. The van der Waals surface area contributed by atoms with Gasteiger partial charge in [0.2, 0.25) is 0 Å². The molecule has 0 spiro atoms. The lowest BCUT2D eigenvalue weighted by molar-refractivity contribution is 1.15. The molecule has 0 fully saturated rings. The van der Waals surface area contributed by atoms with Gasteiger partial charge < -0.3 is 0 Å². The molecule has 5 aromatic rings. The van der Waals surface area contributed by atoms with Gasteiger partial charge in [-0.25, -0.2) is 0 Å². The lowest BCUT2D eigenvalue weighted by Gasteiger charge is -2.13. The highest BCUT2D eigenvalue weighted by molar-refractivity contribution is 8.04. The average Bonchev–Trinajstić information content (AvgIpc) is 2.94. The van der Waals surface area contributed by atoms with E-state index in [0.29, 0.717) is 0 Å². The monoisotopic (exact) mass is 540 g/mol. The Morgan fingerprint density at radius 2 is 0.722 bits per heavy atom. The third kappa shape index (κ3) is 6.98. The first-order valence-corrected chi connectivity index (χ1v) is 15.1. The fourth-order valence-electron chi connectivity index (χ4n) is 3.43. The normalized spacial score (nSPS) is 10.9. The van der Waals surface area contributed by atoms with Gasteiger partial charge in [0, 0.05) is 53.3 Å². The van der Waals surface area contributed by atoms with Crippen molar-refractivity contribution in [1.82, 2.24) is 9.97 Å². The molecule has 0 radical (unpaired) electrons. The Labute approximate surface area is 229 Å². The summed E-state index contributed by atoms with van der Waals surface area (Å²) in [6.07, 6.45) is 3.72. The molecule has 0 saturated heterocycles. The predicted molar refractivity (Wildman–Crippen MR) is 155 cm³/mol. The molecule has 0 aliphatic heterocycles. The summed E-state index contributed by atoms with van der Waals surface area (Å²) in [6, 6.07) is 38.1. The van der Waals surface area contributed by atoms with Crippen molar-refractivity contribution in [3.8, 4) is 0 Å². The van der Waals surface area contributed by atoms with E-state index < -0.39 is 0 Å². The van der Waals surface area contributed by atoms with E-state index in [4.69, 9.17) is 0 Å². The Bertz CT molecular complexity index is 1290. The summed E-state index contributed by atoms with van der Waals surface area (Å²) in [5.41, 5.74) is 2.19. The van der Waals surface area contributed by atoms with Crippen LogP contribution < -0.4 is 0 Å². The fraction of sp³-hybridized carbons (Fsp3) is 0.0667. The van der Waals surface area contributed by atoms with Crippen LogP contribution in [0.1, 0.15) is 11.4 Å². The minimum absolute atomic E-state index is 0.857. The van der Waals surface area contributed by atoms with Crippen molar-refractivity contribution < 1.29 is 0 Å². The third-order valence-electron chi connectivity index (χ3n) is 5.19. The van der Waals surface area contributed by atoms with Crippen molar-refractivity contribution >= 4 is 47.0 Å². The van der Waals surface area contributed by atoms with E-state index in [1.54, 1.807) is 0 Å². The van der Waals surface area contributed by atoms with Gasteiger partial charge in [0.05, 0.1) is 11.4 Å². The molecule has 3 aromatic carbocycles. The Balaban J connectivity index is 1.33. The fourth-order valence-corrected chi connectivity index (χ4v) is 7.74. The second-order valence-corrected chi connectivity index (χ2v) is 12.0. The Morgan fingerprint density at radius 1 is 0.389 bits per heavy atom. The van der Waals surface area contributed by atoms with Crippen LogP contribution in [0.25, 0.3) is 0 Å². The molecule has 0 aliphatic carbocycles. The van der Waals surface area contributed by atoms with Crippen LogP contribution in [-0.2, 0) is 11.5 Å². The van der Waals surface area contributed by atoms with Crippen LogP contribution in [0, 0.1) is 0 Å². The number of benzene rings is 3. The predicted octanol–water partition coefficient (Wildman–Crippen LogP) is 9.36. The second kappa shape index (κ2) is 13.1. The maximum atomic E-state index is 4.47. The Morgan fingerprint density at radius 3 is 1.08 bits per heavy atom. The number of aromatic nitrogens is 2. The van der Waals surface area contributed by atoms with E-state index in [9.17, 15) is 0 Å². The van der Waals surface area contributed by atoms with Crippen molar-refractivity contribution in [3.63, 3.8) is 0 Å². The van der Waals surface area contributed by atoms with Gasteiger partial charge in [0.25, 0.3) is 0 Å². The summed E-state index contributed by atoms with van der Waals surface area (Å²) in [5, 5.41) is 0. The van der Waals surface area contributed by atoms with Gasteiger partial charge in [-0.1, -0.05) is 72.1 Å². The highest BCUT2D eigenvalue weighted by Gasteiger charge is 2.12. The molecule has 2 heterocycles. The molecule has 6 heteroatoms. The van der Waals surface area contributed by atoms with Crippen LogP contribution in [-0.4, -0.2) is 9.97 Å². The molecule has 2 aromatic heterocycles. The summed E-state index contributed by atoms with van der Waals surface area (Å²) in [7, 11) is 0. The average molecular weight is 541 g/mol. The highest BCUT2D eigenvalue weighted by atomic mass is 32.2. The van der Waals surface area contributed by atoms with Crippen LogP contribution in [0.5, 0.6) is 0 Å². The van der Waals surface area contributed by atoms with Crippen molar-refractivity contribution in [1.29, 1.82) is 0 Å². The summed E-state index contributed by atoms with van der Waals surface area (Å²) >= 11 is 7.34. The molecule has 36 heavy (non-hydrogen) atoms. The van der Waals surface area contributed by atoms with Gasteiger partial charge in [-0.2, -0.15) is 0 Å². The number of pyridine rings is 2. The third-order valence-corrected chi connectivity index (χ3v) is 10.1. The first-order chi connectivity index (χ1) is 17.8. The van der Waals surface area contributed by atoms with Gasteiger partial charge in [-0.3, -0.25) is 9.97 Å². The molecule has 2 nitrogen and oxygen atoms in total. The van der Waals surface area contributed by atoms with Crippen molar-refractivity contribution in [3.05, 3.63) is 133 Å². The van der Waals surface area contributed by atoms with E-state index in [-0.39, 0.29) is 0 Å². The number of nitrogens with zero attached hydrogens (tertiary/aromatic N) is 2. The molecule has 0 atom stereocenters. The van der Waals surface area contributed by atoms with Crippen LogP contribution in [0.15, 0.2) is 151 Å². The topological polar surface area (TPSA) is 25.8 Å². The number of hydrogen-bond donors (Lipinski definition) is 0. The highest BCUT2D eigenvalue weighted by Crippen LogP contribution is 2.44. The van der Waals surface area contributed by atoms with Crippen LogP contribution in [0.4, 0.5) is 0 Å². The first kappa shape index (κ1) is 25.0. The molecule has 5 rings (SSSR count). The standard InChI is InChI=1S/C30H24N2S4/c1-3-15-27(25(13-1)33-21-23-11-7-9-19-31-23)35-29-17-5-6-18-30(29)36-28-16-4-2-14-26(28)34-22-24-12-8-10-20-32-24/h1-20H,21-22H2. The maximum Gasteiger partial charge on any atom is 0.0506 e. The summed E-state index contributed by atoms with van der Waals surface area (Å²) < 4.78 is 0. The van der Waals surface area contributed by atoms with Crippen molar-refractivity contribution in [2.45, 2.75) is 40.9 Å². The molecular formula is C30H24N2S4. The zero-order valence-electron chi connectivity index (χ0n) is 19.5. The van der Waals surface area contributed by atoms with E-state index >= 15 is 0 Å². The lowest BCUT2D eigenvalue weighted by atomic mass is 10.4. The molecule has 0 amide bonds. The summed E-state index contributed by atoms with van der Waals surface area (Å²) in [4.78, 5) is 16.6. The van der Waals surface area contributed by atoms with Crippen LogP contribution in [0.3, 0.4) is 0 Å². The van der Waals surface area contributed by atoms with Crippen molar-refractivity contribution in [2.75, 3.05) is 0 Å². The van der Waals surface area contributed by atoms with Crippen LogP contribution in [0.2, 0.25) is 0 Å². The van der Waals surface area contributed by atoms with E-state index in [1.807, 2.05) is 83.7 Å². The van der Waals surface area contributed by atoms with E-state index in [2.05, 4.69) is 94.9 Å². The zero-order chi connectivity index (χ0) is 24.4. The zero-order valence-corrected chi connectivity index (χ0v) is 22.8. The van der Waals surface area contributed by atoms with E-state index in [0.717, 1.165) is 22.9 Å². The molecule has 0 bridgehead atoms. The number of thioether (sulfide) groups is 2. The van der Waals surface area contributed by atoms with E-state index in [1.165, 1.54) is 29.4 Å². The SMILES string of the molecule is c1ccc(CSc2ccccc2Sc2ccccc2Sc2ccccc2SCc2ccccn2)nc1. The number of hydrogen-bond acceptors (Lipinski definition) is 6. The summed E-state index contributed by atoms with van der Waals surface area (Å²) in [6.45, 7) is 0. The van der Waals surface area contributed by atoms with Gasteiger partial charge in [-0.05, 0) is 60.7 Å². The van der Waals surface area contributed by atoms with Gasteiger partial charge in [0.15, 0.2) is 0 Å². The quantitative estimate of drug-likeness (QED) is 0.164. The number of rotatable bonds is 10. The Hall–Kier alpha value is -2.64. The maximum absolute atomic E-state index is 4.47. The molecule has 178 valence electrons. The molecule has 0 aliphatic rings. The summed E-state index contributed by atoms with van der Waals surface area (Å²) in [5.74, 6) is 1.71. The second-order valence-electron chi connectivity index (χ2n) is 7.76. The molecule has 0 N–H and O–H groups in total. The Kier molecular flexibility index (Phi) is 9.08. The van der Waals surface area contributed by atoms with Gasteiger partial charge in [0.1, 0.15) is 0 Å². The van der Waals surface area contributed by atoms with Gasteiger partial charge >= 0.3 is 0 Å². The molecule has 0 unspecified atom stereocenters. The van der Waals surface area contributed by atoms with Gasteiger partial charge in [-0.15, -0.1) is 23.5 Å². The lowest BCUT2D eigenvalue weighted by Crippen LogP contribution is -1.87. The van der Waals surface area contributed by atoms with Crippen LogP contribution >= 0.6 is 47.0 Å². The van der Waals surface area contributed by atoms with Crippen molar-refractivity contribution in [2.24, 2.45) is 0 Å². The molecule has 0 saturated carbocycles. The smallest absolute Gasteiger partial charge is 0.0506 e.